The van der Waals surface area contributed by atoms with E-state index < -0.39 is 5.60 Å². The molecule has 0 bridgehead atoms. The third kappa shape index (κ3) is 4.23. The first-order valence-corrected chi connectivity index (χ1v) is 6.25. The molecule has 0 unspecified atom stereocenters. The Bertz CT molecular complexity index is 327. The van der Waals surface area contributed by atoms with Gasteiger partial charge in [0.1, 0.15) is 5.69 Å². The SMILES string of the molecule is CCCC(O)(CCC)CNC(=O)c1ccc[nH]1. The molecule has 1 aromatic heterocycles. The van der Waals surface area contributed by atoms with Crippen LogP contribution in [0.15, 0.2) is 18.3 Å². The van der Waals surface area contributed by atoms with Crippen LogP contribution in [-0.4, -0.2) is 28.1 Å². The standard InChI is InChI=1S/C13H22N2O2/c1-3-7-13(17,8-4-2)10-15-12(16)11-6-5-9-14-11/h5-6,9,14,17H,3-4,7-8,10H2,1-2H3,(H,15,16). The molecule has 0 aliphatic heterocycles. The van der Waals surface area contributed by atoms with Crippen molar-refractivity contribution in [2.75, 3.05) is 6.54 Å². The van der Waals surface area contributed by atoms with Gasteiger partial charge in [-0.1, -0.05) is 26.7 Å². The minimum atomic E-state index is -0.772. The Hall–Kier alpha value is -1.29. The summed E-state index contributed by atoms with van der Waals surface area (Å²) in [5.74, 6) is -0.166. The highest BCUT2D eigenvalue weighted by molar-refractivity contribution is 5.92. The highest BCUT2D eigenvalue weighted by Gasteiger charge is 2.25. The number of hydrogen-bond donors (Lipinski definition) is 3. The van der Waals surface area contributed by atoms with E-state index >= 15 is 0 Å². The van der Waals surface area contributed by atoms with Gasteiger partial charge in [-0.2, -0.15) is 0 Å². The number of aliphatic hydroxyl groups is 1. The molecule has 1 rings (SSSR count). The minimum Gasteiger partial charge on any atom is -0.388 e. The maximum absolute atomic E-state index is 11.7. The molecule has 4 heteroatoms. The highest BCUT2D eigenvalue weighted by atomic mass is 16.3. The van der Waals surface area contributed by atoms with Gasteiger partial charge in [0.25, 0.3) is 5.91 Å². The smallest absolute Gasteiger partial charge is 0.267 e. The summed E-state index contributed by atoms with van der Waals surface area (Å²) in [6.07, 6.45) is 4.96. The summed E-state index contributed by atoms with van der Waals surface area (Å²) in [5.41, 5.74) is -0.244. The van der Waals surface area contributed by atoms with E-state index in [1.165, 1.54) is 0 Å². The average molecular weight is 238 g/mol. The Morgan fingerprint density at radius 1 is 1.41 bits per heavy atom. The molecule has 0 fully saturated rings. The molecule has 1 amide bonds. The summed E-state index contributed by atoms with van der Waals surface area (Å²) < 4.78 is 0. The lowest BCUT2D eigenvalue weighted by Crippen LogP contribution is -2.42. The Morgan fingerprint density at radius 2 is 2.06 bits per heavy atom. The topological polar surface area (TPSA) is 65.1 Å². The number of aromatic nitrogens is 1. The number of aromatic amines is 1. The second-order valence-electron chi connectivity index (χ2n) is 4.49. The zero-order valence-electron chi connectivity index (χ0n) is 10.6. The van der Waals surface area contributed by atoms with Crippen molar-refractivity contribution in [3.8, 4) is 0 Å². The fourth-order valence-electron chi connectivity index (χ4n) is 2.04. The molecule has 96 valence electrons. The molecule has 0 aliphatic carbocycles. The van der Waals surface area contributed by atoms with Gasteiger partial charge in [-0.15, -0.1) is 0 Å². The number of nitrogens with one attached hydrogen (secondary N) is 2. The van der Waals surface area contributed by atoms with Gasteiger partial charge in [-0.05, 0) is 25.0 Å². The average Bonchev–Trinajstić information content (AvgIpc) is 2.80. The van der Waals surface area contributed by atoms with E-state index in [4.69, 9.17) is 0 Å². The Kier molecular flexibility index (Phi) is 5.22. The van der Waals surface area contributed by atoms with E-state index in [0.717, 1.165) is 12.8 Å². The van der Waals surface area contributed by atoms with Crippen molar-refractivity contribution in [1.29, 1.82) is 0 Å². The Morgan fingerprint density at radius 3 is 2.53 bits per heavy atom. The van der Waals surface area contributed by atoms with Crippen molar-refractivity contribution in [3.05, 3.63) is 24.0 Å². The lowest BCUT2D eigenvalue weighted by molar-refractivity contribution is 0.0212. The maximum Gasteiger partial charge on any atom is 0.267 e. The van der Waals surface area contributed by atoms with E-state index in [0.29, 0.717) is 25.1 Å². The Balaban J connectivity index is 2.49. The van der Waals surface area contributed by atoms with E-state index in [1.807, 2.05) is 13.8 Å². The molecule has 17 heavy (non-hydrogen) atoms. The molecule has 0 aromatic carbocycles. The highest BCUT2D eigenvalue weighted by Crippen LogP contribution is 2.18. The third-order valence-electron chi connectivity index (χ3n) is 2.85. The van der Waals surface area contributed by atoms with Crippen molar-refractivity contribution in [2.24, 2.45) is 0 Å². The minimum absolute atomic E-state index is 0.166. The monoisotopic (exact) mass is 238 g/mol. The molecule has 3 N–H and O–H groups in total. The third-order valence-corrected chi connectivity index (χ3v) is 2.85. The summed E-state index contributed by atoms with van der Waals surface area (Å²) in [6, 6.07) is 3.49. The van der Waals surface area contributed by atoms with Gasteiger partial charge in [-0.25, -0.2) is 0 Å². The van der Waals surface area contributed by atoms with Crippen molar-refractivity contribution in [2.45, 2.75) is 45.1 Å². The molecule has 0 aliphatic rings. The van der Waals surface area contributed by atoms with E-state index in [1.54, 1.807) is 18.3 Å². The summed E-state index contributed by atoms with van der Waals surface area (Å²) in [6.45, 7) is 4.38. The summed E-state index contributed by atoms with van der Waals surface area (Å²) in [4.78, 5) is 14.6. The van der Waals surface area contributed by atoms with Crippen LogP contribution in [0.3, 0.4) is 0 Å². The number of amides is 1. The first-order chi connectivity index (χ1) is 8.11. The fourth-order valence-corrected chi connectivity index (χ4v) is 2.04. The molecule has 1 heterocycles. The number of hydrogen-bond acceptors (Lipinski definition) is 2. The second kappa shape index (κ2) is 6.45. The van der Waals surface area contributed by atoms with Crippen molar-refractivity contribution >= 4 is 5.91 Å². The molecule has 0 saturated heterocycles. The molecular weight excluding hydrogens is 216 g/mol. The number of H-pyrrole nitrogens is 1. The Labute approximate surface area is 102 Å². The van der Waals surface area contributed by atoms with Crippen molar-refractivity contribution < 1.29 is 9.90 Å². The van der Waals surface area contributed by atoms with Crippen LogP contribution >= 0.6 is 0 Å². The molecule has 0 atom stereocenters. The normalized spacial score (nSPS) is 11.5. The predicted octanol–water partition coefficient (Wildman–Crippen LogP) is 2.08. The van der Waals surface area contributed by atoms with Gasteiger partial charge >= 0.3 is 0 Å². The number of rotatable bonds is 7. The molecular formula is C13H22N2O2. The zero-order chi connectivity index (χ0) is 12.7. The van der Waals surface area contributed by atoms with E-state index in [2.05, 4.69) is 10.3 Å². The van der Waals surface area contributed by atoms with Crippen LogP contribution in [0.25, 0.3) is 0 Å². The van der Waals surface area contributed by atoms with Gasteiger partial charge in [0.15, 0.2) is 0 Å². The fraction of sp³-hybridized carbons (Fsp3) is 0.615. The largest absolute Gasteiger partial charge is 0.388 e. The summed E-state index contributed by atoms with van der Waals surface area (Å²) >= 11 is 0. The lowest BCUT2D eigenvalue weighted by atomic mass is 9.92. The zero-order valence-corrected chi connectivity index (χ0v) is 10.6. The van der Waals surface area contributed by atoms with Crippen molar-refractivity contribution in [1.82, 2.24) is 10.3 Å². The molecule has 0 saturated carbocycles. The van der Waals surface area contributed by atoms with Crippen LogP contribution in [0, 0.1) is 0 Å². The molecule has 0 radical (unpaired) electrons. The van der Waals surface area contributed by atoms with Crippen LogP contribution in [-0.2, 0) is 0 Å². The van der Waals surface area contributed by atoms with Gasteiger partial charge in [-0.3, -0.25) is 4.79 Å². The van der Waals surface area contributed by atoms with Gasteiger partial charge in [0, 0.05) is 12.7 Å². The van der Waals surface area contributed by atoms with Crippen LogP contribution in [0.2, 0.25) is 0 Å². The number of carbonyl (C=O) groups is 1. The summed E-state index contributed by atoms with van der Waals surface area (Å²) in [7, 11) is 0. The van der Waals surface area contributed by atoms with Crippen LogP contribution in [0.1, 0.15) is 50.0 Å². The van der Waals surface area contributed by atoms with Crippen LogP contribution in [0.4, 0.5) is 0 Å². The molecule has 4 nitrogen and oxygen atoms in total. The first kappa shape index (κ1) is 13.8. The molecule has 1 aromatic rings. The molecule has 0 spiro atoms. The summed E-state index contributed by atoms with van der Waals surface area (Å²) in [5, 5.41) is 13.1. The first-order valence-electron chi connectivity index (χ1n) is 6.25. The maximum atomic E-state index is 11.7. The van der Waals surface area contributed by atoms with Crippen LogP contribution < -0.4 is 5.32 Å². The van der Waals surface area contributed by atoms with E-state index in [9.17, 15) is 9.90 Å². The second-order valence-corrected chi connectivity index (χ2v) is 4.49. The van der Waals surface area contributed by atoms with Crippen molar-refractivity contribution in [3.63, 3.8) is 0 Å². The van der Waals surface area contributed by atoms with Gasteiger partial charge < -0.3 is 15.4 Å². The van der Waals surface area contributed by atoms with Gasteiger partial charge in [0.05, 0.1) is 5.60 Å². The number of carbonyl (C=O) groups excluding carboxylic acids is 1. The van der Waals surface area contributed by atoms with E-state index in [-0.39, 0.29) is 5.91 Å². The van der Waals surface area contributed by atoms with Gasteiger partial charge in [0.2, 0.25) is 0 Å². The quantitative estimate of drug-likeness (QED) is 0.681. The lowest BCUT2D eigenvalue weighted by Gasteiger charge is -2.27. The predicted molar refractivity (Wildman–Crippen MR) is 67.9 cm³/mol. The van der Waals surface area contributed by atoms with Crippen LogP contribution in [0.5, 0.6) is 0 Å².